The van der Waals surface area contributed by atoms with Crippen LogP contribution in [0, 0.1) is 17.8 Å². The van der Waals surface area contributed by atoms with Gasteiger partial charge in [-0.3, -0.25) is 0 Å². The molecule has 1 saturated carbocycles. The zero-order valence-electron chi connectivity index (χ0n) is 21.5. The summed E-state index contributed by atoms with van der Waals surface area (Å²) in [6.07, 6.45) is 7.23. The van der Waals surface area contributed by atoms with Gasteiger partial charge < -0.3 is 19.5 Å². The average molecular weight is 500 g/mol. The molecule has 36 heavy (non-hydrogen) atoms. The van der Waals surface area contributed by atoms with Gasteiger partial charge in [0.05, 0.1) is 0 Å². The van der Waals surface area contributed by atoms with Gasteiger partial charge in [0.1, 0.15) is 5.75 Å². The monoisotopic (exact) mass is 499 g/mol. The van der Waals surface area contributed by atoms with E-state index < -0.39 is 5.92 Å². The highest BCUT2D eigenvalue weighted by atomic mass is 19.3. The number of halogens is 2. The van der Waals surface area contributed by atoms with Crippen molar-refractivity contribution in [3.8, 4) is 5.75 Å². The minimum Gasteiger partial charge on any atom is -0.508 e. The Labute approximate surface area is 213 Å². The maximum atomic E-state index is 15.4. The molecule has 196 valence electrons. The first-order valence-electron chi connectivity index (χ1n) is 13.5. The number of hydrogen-bond acceptors (Lipinski definition) is 4. The quantitative estimate of drug-likeness (QED) is 0.433. The van der Waals surface area contributed by atoms with Gasteiger partial charge in [-0.15, -0.1) is 0 Å². The number of anilines is 1. The molecule has 2 atom stereocenters. The van der Waals surface area contributed by atoms with Crippen LogP contribution in [0.15, 0.2) is 42.5 Å². The van der Waals surface area contributed by atoms with Gasteiger partial charge in [0.15, 0.2) is 6.29 Å². The molecule has 1 heterocycles. The zero-order valence-corrected chi connectivity index (χ0v) is 21.5. The molecular formula is C30H39F2NO3. The second-order valence-electron chi connectivity index (χ2n) is 11.0. The lowest BCUT2D eigenvalue weighted by Crippen LogP contribution is -2.39. The summed E-state index contributed by atoms with van der Waals surface area (Å²) in [5.74, 6) is -2.48. The molecule has 0 spiro atoms. The Hall–Kier alpha value is -2.18. The number of nitrogens with zero attached hydrogens (tertiary/aromatic N) is 1. The number of benzene rings is 2. The molecular weight excluding hydrogens is 460 g/mol. The van der Waals surface area contributed by atoms with Crippen LogP contribution in [0.3, 0.4) is 0 Å². The summed E-state index contributed by atoms with van der Waals surface area (Å²) in [5.41, 5.74) is 2.95. The third-order valence-corrected chi connectivity index (χ3v) is 8.95. The molecule has 4 nitrogen and oxygen atoms in total. The molecule has 0 aromatic heterocycles. The van der Waals surface area contributed by atoms with E-state index in [1.165, 1.54) is 18.2 Å². The lowest BCUT2D eigenvalue weighted by atomic mass is 9.63. The van der Waals surface area contributed by atoms with Gasteiger partial charge in [0.2, 0.25) is 0 Å². The summed E-state index contributed by atoms with van der Waals surface area (Å²) in [4.78, 5) is 2.39. The molecule has 1 saturated heterocycles. The number of phenolic OH excluding ortho intramolecular Hbond substituents is 1. The first-order valence-corrected chi connectivity index (χ1v) is 13.5. The minimum atomic E-state index is -2.92. The van der Waals surface area contributed by atoms with Crippen molar-refractivity contribution < 1.29 is 23.4 Å². The summed E-state index contributed by atoms with van der Waals surface area (Å²) in [6.45, 7) is 1.88. The van der Waals surface area contributed by atoms with Crippen LogP contribution in [0.2, 0.25) is 0 Å². The largest absolute Gasteiger partial charge is 0.508 e. The number of hydrogen-bond donors (Lipinski definition) is 1. The molecule has 6 heteroatoms. The van der Waals surface area contributed by atoms with Crippen molar-refractivity contribution in [3.05, 3.63) is 59.2 Å². The van der Waals surface area contributed by atoms with E-state index in [9.17, 15) is 5.11 Å². The van der Waals surface area contributed by atoms with Crippen LogP contribution in [0.25, 0.3) is 0 Å². The highest BCUT2D eigenvalue weighted by molar-refractivity contribution is 5.52. The Morgan fingerprint density at radius 1 is 0.917 bits per heavy atom. The van der Waals surface area contributed by atoms with Crippen LogP contribution >= 0.6 is 0 Å². The van der Waals surface area contributed by atoms with E-state index in [1.807, 2.05) is 0 Å². The SMILES string of the molecule is COC(OC)C1CCN(c2ccc([C@@H]3c4ccc(O)cc4C(F)(F)C[C@@H]3C3CCCCC3)cc2)CC1. The number of phenols is 1. The molecule has 1 N–H and O–H groups in total. The summed E-state index contributed by atoms with van der Waals surface area (Å²) < 4.78 is 41.7. The summed E-state index contributed by atoms with van der Waals surface area (Å²) >= 11 is 0. The van der Waals surface area contributed by atoms with E-state index in [4.69, 9.17) is 9.47 Å². The minimum absolute atomic E-state index is 0.00320. The molecule has 2 aromatic rings. The van der Waals surface area contributed by atoms with E-state index in [1.54, 1.807) is 26.4 Å². The topological polar surface area (TPSA) is 41.9 Å². The van der Waals surface area contributed by atoms with Crippen molar-refractivity contribution >= 4 is 5.69 Å². The van der Waals surface area contributed by atoms with Crippen molar-refractivity contribution in [2.45, 2.75) is 69.5 Å². The molecule has 0 radical (unpaired) electrons. The van der Waals surface area contributed by atoms with Crippen LogP contribution in [0.1, 0.15) is 74.0 Å². The highest BCUT2D eigenvalue weighted by Crippen LogP contribution is 2.55. The fraction of sp³-hybridized carbons (Fsp3) is 0.600. The number of rotatable bonds is 6. The van der Waals surface area contributed by atoms with Crippen molar-refractivity contribution in [3.63, 3.8) is 0 Å². The molecule has 0 unspecified atom stereocenters. The first-order chi connectivity index (χ1) is 17.4. The molecule has 0 bridgehead atoms. The predicted octanol–water partition coefficient (Wildman–Crippen LogP) is 7.05. The standard InChI is InChI=1S/C30H39F2NO3/c1-35-29(36-2)22-14-16-33(17-15-22)23-10-8-21(9-11-23)28-25-13-12-24(34)18-27(25)30(31,32)19-26(28)20-6-4-3-5-7-20/h8-13,18,20,22,26,28-29,34H,3-7,14-17,19H2,1-2H3/t26-,28-/m1/s1. The zero-order chi connectivity index (χ0) is 25.3. The molecule has 3 aliphatic rings. The van der Waals surface area contributed by atoms with Crippen molar-refractivity contribution in [1.82, 2.24) is 0 Å². The Bertz CT molecular complexity index is 1010. The van der Waals surface area contributed by atoms with E-state index in [0.717, 1.165) is 57.2 Å². The van der Waals surface area contributed by atoms with Crippen LogP contribution in [0.4, 0.5) is 14.5 Å². The average Bonchev–Trinajstić information content (AvgIpc) is 2.90. The van der Waals surface area contributed by atoms with Gasteiger partial charge in [-0.2, -0.15) is 0 Å². The van der Waals surface area contributed by atoms with Crippen LogP contribution in [-0.2, 0) is 15.4 Å². The third-order valence-electron chi connectivity index (χ3n) is 8.95. The van der Waals surface area contributed by atoms with Gasteiger partial charge in [-0.1, -0.05) is 50.3 Å². The molecule has 2 aliphatic carbocycles. The van der Waals surface area contributed by atoms with Crippen LogP contribution < -0.4 is 4.90 Å². The number of ether oxygens (including phenoxy) is 2. The number of piperidine rings is 1. The van der Waals surface area contributed by atoms with Crippen molar-refractivity contribution in [2.75, 3.05) is 32.2 Å². The summed E-state index contributed by atoms with van der Waals surface area (Å²) in [5, 5.41) is 10.0. The summed E-state index contributed by atoms with van der Waals surface area (Å²) in [6, 6.07) is 13.2. The van der Waals surface area contributed by atoms with Gasteiger partial charge in [-0.25, -0.2) is 8.78 Å². The van der Waals surface area contributed by atoms with E-state index in [-0.39, 0.29) is 35.9 Å². The molecule has 2 aromatic carbocycles. The Morgan fingerprint density at radius 3 is 2.22 bits per heavy atom. The van der Waals surface area contributed by atoms with Gasteiger partial charge >= 0.3 is 0 Å². The second-order valence-corrected chi connectivity index (χ2v) is 11.0. The van der Waals surface area contributed by atoms with Crippen molar-refractivity contribution in [1.29, 1.82) is 0 Å². The van der Waals surface area contributed by atoms with E-state index >= 15 is 8.78 Å². The van der Waals surface area contributed by atoms with Crippen molar-refractivity contribution in [2.24, 2.45) is 17.8 Å². The van der Waals surface area contributed by atoms with Gasteiger partial charge in [-0.05, 0) is 60.1 Å². The van der Waals surface area contributed by atoms with E-state index in [2.05, 4.69) is 29.2 Å². The van der Waals surface area contributed by atoms with Crippen LogP contribution in [0.5, 0.6) is 5.75 Å². The smallest absolute Gasteiger partial charge is 0.274 e. The fourth-order valence-corrected chi connectivity index (χ4v) is 7.12. The van der Waals surface area contributed by atoms with E-state index in [0.29, 0.717) is 17.4 Å². The Balaban J connectivity index is 1.41. The number of fused-ring (bicyclic) bond motifs is 1. The molecule has 5 rings (SSSR count). The Kier molecular flexibility index (Phi) is 7.55. The number of alkyl halides is 2. The highest BCUT2D eigenvalue weighted by Gasteiger charge is 2.48. The fourth-order valence-electron chi connectivity index (χ4n) is 7.12. The second kappa shape index (κ2) is 10.7. The van der Waals surface area contributed by atoms with Gasteiger partial charge in [0, 0.05) is 56.8 Å². The lowest BCUT2D eigenvalue weighted by Gasteiger charge is -2.43. The molecule has 0 amide bonds. The molecule has 2 fully saturated rings. The van der Waals surface area contributed by atoms with Crippen LogP contribution in [-0.4, -0.2) is 38.7 Å². The normalized spacial score (nSPS) is 25.2. The third kappa shape index (κ3) is 4.99. The maximum Gasteiger partial charge on any atom is 0.274 e. The predicted molar refractivity (Wildman–Crippen MR) is 138 cm³/mol. The number of methoxy groups -OCH3 is 2. The number of aromatic hydroxyl groups is 1. The first kappa shape index (κ1) is 25.5. The maximum absolute atomic E-state index is 15.4. The lowest BCUT2D eigenvalue weighted by molar-refractivity contribution is -0.141. The Morgan fingerprint density at radius 2 is 1.58 bits per heavy atom. The molecule has 1 aliphatic heterocycles. The summed E-state index contributed by atoms with van der Waals surface area (Å²) in [7, 11) is 3.39. The van der Waals surface area contributed by atoms with Gasteiger partial charge in [0.25, 0.3) is 5.92 Å².